The van der Waals surface area contributed by atoms with Gasteiger partial charge in [0.15, 0.2) is 0 Å². The highest BCUT2D eigenvalue weighted by Crippen LogP contribution is 2.18. The molecule has 1 N–H and O–H groups in total. The predicted molar refractivity (Wildman–Crippen MR) is 114 cm³/mol. The normalized spacial score (nSPS) is 10.5. The number of nitrogens with zero attached hydrogens (tertiary/aromatic N) is 2. The number of benzene rings is 3. The summed E-state index contributed by atoms with van der Waals surface area (Å²) < 4.78 is 5.79. The highest BCUT2D eigenvalue weighted by Gasteiger charge is 2.09. The maximum atomic E-state index is 12.3. The summed E-state index contributed by atoms with van der Waals surface area (Å²) in [6.07, 6.45) is 1.53. The number of hydrogen-bond acceptors (Lipinski definition) is 4. The van der Waals surface area contributed by atoms with E-state index < -0.39 is 5.91 Å². The van der Waals surface area contributed by atoms with Gasteiger partial charge in [0.2, 0.25) is 0 Å². The Labute approximate surface area is 175 Å². The van der Waals surface area contributed by atoms with Crippen LogP contribution in [-0.4, -0.2) is 5.91 Å². The third-order valence-corrected chi connectivity index (χ3v) is 4.29. The molecule has 0 fully saturated rings. The topological polar surface area (TPSA) is 85.9 Å². The molecule has 146 valence electrons. The Morgan fingerprint density at radius 1 is 0.933 bits per heavy atom. The highest BCUT2D eigenvalue weighted by atomic mass is 16.5. The van der Waals surface area contributed by atoms with Gasteiger partial charge in [0.25, 0.3) is 5.91 Å². The van der Waals surface area contributed by atoms with E-state index in [9.17, 15) is 10.1 Å². The third kappa shape index (κ3) is 5.82. The van der Waals surface area contributed by atoms with Gasteiger partial charge in [0.1, 0.15) is 24.0 Å². The molecule has 0 unspecified atom stereocenters. The van der Waals surface area contributed by atoms with Gasteiger partial charge in [-0.05, 0) is 47.0 Å². The van der Waals surface area contributed by atoms with Crippen molar-refractivity contribution in [2.24, 2.45) is 0 Å². The summed E-state index contributed by atoms with van der Waals surface area (Å²) >= 11 is 0. The van der Waals surface area contributed by atoms with Crippen LogP contribution in [0.4, 0.5) is 0 Å². The van der Waals surface area contributed by atoms with Gasteiger partial charge in [-0.3, -0.25) is 4.79 Å². The molecule has 1 amide bonds. The fourth-order valence-corrected chi connectivity index (χ4v) is 2.78. The van der Waals surface area contributed by atoms with Crippen molar-refractivity contribution in [2.75, 3.05) is 0 Å². The molecule has 0 radical (unpaired) electrons. The monoisotopic (exact) mass is 393 g/mol. The second kappa shape index (κ2) is 10.3. The van der Waals surface area contributed by atoms with E-state index in [1.54, 1.807) is 36.4 Å². The number of carbonyl (C=O) groups is 1. The van der Waals surface area contributed by atoms with Crippen LogP contribution < -0.4 is 10.1 Å². The summed E-state index contributed by atoms with van der Waals surface area (Å²) in [6, 6.07) is 27.9. The smallest absolute Gasteiger partial charge is 0.262 e. The van der Waals surface area contributed by atoms with Gasteiger partial charge in [-0.15, -0.1) is 0 Å². The van der Waals surface area contributed by atoms with Crippen LogP contribution >= 0.6 is 0 Å². The SMILES string of the molecule is N#C/C(=C\c1cccc(OCc2cccc(C#N)c2)c1)C(=O)NCc1ccccc1. The Morgan fingerprint density at radius 3 is 2.47 bits per heavy atom. The van der Waals surface area contributed by atoms with Crippen molar-refractivity contribution in [3.05, 3.63) is 107 Å². The number of rotatable bonds is 7. The molecule has 0 atom stereocenters. The minimum absolute atomic E-state index is 0.0183. The van der Waals surface area contributed by atoms with E-state index >= 15 is 0 Å². The van der Waals surface area contributed by atoms with Crippen LogP contribution in [0.15, 0.2) is 84.4 Å². The first-order valence-electron chi connectivity index (χ1n) is 9.34. The number of hydrogen-bond donors (Lipinski definition) is 1. The first-order valence-corrected chi connectivity index (χ1v) is 9.34. The van der Waals surface area contributed by atoms with E-state index in [-0.39, 0.29) is 5.57 Å². The molecule has 5 heteroatoms. The lowest BCUT2D eigenvalue weighted by atomic mass is 10.1. The Balaban J connectivity index is 1.65. The van der Waals surface area contributed by atoms with Crippen molar-refractivity contribution in [3.63, 3.8) is 0 Å². The largest absolute Gasteiger partial charge is 0.489 e. The van der Waals surface area contributed by atoms with Gasteiger partial charge in [0, 0.05) is 6.54 Å². The minimum Gasteiger partial charge on any atom is -0.489 e. The lowest BCUT2D eigenvalue weighted by Crippen LogP contribution is -2.23. The number of amides is 1. The minimum atomic E-state index is -0.430. The average Bonchev–Trinajstić information content (AvgIpc) is 2.80. The average molecular weight is 393 g/mol. The number of nitriles is 2. The lowest BCUT2D eigenvalue weighted by molar-refractivity contribution is -0.117. The molecule has 0 aliphatic carbocycles. The van der Waals surface area contributed by atoms with Gasteiger partial charge in [-0.2, -0.15) is 10.5 Å². The number of carbonyl (C=O) groups excluding carboxylic acids is 1. The van der Waals surface area contributed by atoms with Gasteiger partial charge >= 0.3 is 0 Å². The Bertz CT molecular complexity index is 1140. The van der Waals surface area contributed by atoms with Crippen molar-refractivity contribution >= 4 is 12.0 Å². The summed E-state index contributed by atoms with van der Waals surface area (Å²) in [5, 5.41) is 21.1. The molecular weight excluding hydrogens is 374 g/mol. The van der Waals surface area contributed by atoms with Crippen LogP contribution in [-0.2, 0) is 17.9 Å². The van der Waals surface area contributed by atoms with Gasteiger partial charge in [-0.25, -0.2) is 0 Å². The molecular formula is C25H19N3O2. The predicted octanol–water partition coefficient (Wildman–Crippen LogP) is 4.36. The van der Waals surface area contributed by atoms with Gasteiger partial charge < -0.3 is 10.1 Å². The van der Waals surface area contributed by atoms with Crippen LogP contribution in [0.3, 0.4) is 0 Å². The van der Waals surface area contributed by atoms with Crippen LogP contribution in [0.25, 0.3) is 6.08 Å². The molecule has 3 aromatic rings. The van der Waals surface area contributed by atoms with Crippen LogP contribution in [0, 0.1) is 22.7 Å². The van der Waals surface area contributed by atoms with Crippen molar-refractivity contribution in [1.29, 1.82) is 10.5 Å². The number of ether oxygens (including phenoxy) is 1. The molecule has 5 nitrogen and oxygen atoms in total. The van der Waals surface area contributed by atoms with Crippen molar-refractivity contribution in [2.45, 2.75) is 13.2 Å². The summed E-state index contributed by atoms with van der Waals surface area (Å²) in [5.41, 5.74) is 3.12. The zero-order valence-electron chi connectivity index (χ0n) is 16.2. The molecule has 0 saturated carbocycles. The Morgan fingerprint density at radius 2 is 1.70 bits per heavy atom. The lowest BCUT2D eigenvalue weighted by Gasteiger charge is -2.08. The van der Waals surface area contributed by atoms with Crippen molar-refractivity contribution in [3.8, 4) is 17.9 Å². The summed E-state index contributed by atoms with van der Waals surface area (Å²) in [4.78, 5) is 12.3. The third-order valence-electron chi connectivity index (χ3n) is 4.29. The standard InChI is InChI=1S/C25H19N3O2/c26-15-21-9-4-10-22(12-21)18-30-24-11-5-8-20(14-24)13-23(16-27)25(29)28-17-19-6-2-1-3-7-19/h1-14H,17-18H2,(H,28,29)/b23-13+. The van der Waals surface area contributed by atoms with E-state index in [2.05, 4.69) is 11.4 Å². The fourth-order valence-electron chi connectivity index (χ4n) is 2.78. The molecule has 3 rings (SSSR count). The van der Waals surface area contributed by atoms with Gasteiger partial charge in [0.05, 0.1) is 11.6 Å². The Kier molecular flexibility index (Phi) is 6.97. The second-order valence-corrected chi connectivity index (χ2v) is 6.51. The van der Waals surface area contributed by atoms with E-state index in [1.165, 1.54) is 6.08 Å². The summed E-state index contributed by atoms with van der Waals surface area (Å²) in [6.45, 7) is 0.662. The van der Waals surface area contributed by atoms with E-state index in [0.717, 1.165) is 11.1 Å². The first kappa shape index (κ1) is 20.4. The molecule has 0 aliphatic rings. The molecule has 0 bridgehead atoms. The van der Waals surface area contributed by atoms with Gasteiger partial charge in [-0.1, -0.05) is 54.6 Å². The number of nitrogens with one attached hydrogen (secondary N) is 1. The molecule has 0 saturated heterocycles. The van der Waals surface area contributed by atoms with E-state index in [0.29, 0.717) is 30.0 Å². The first-order chi connectivity index (χ1) is 14.7. The molecule has 0 aliphatic heterocycles. The fraction of sp³-hybridized carbons (Fsp3) is 0.0800. The molecule has 0 spiro atoms. The van der Waals surface area contributed by atoms with Crippen LogP contribution in [0.1, 0.15) is 22.3 Å². The highest BCUT2D eigenvalue weighted by molar-refractivity contribution is 6.01. The van der Waals surface area contributed by atoms with E-state index in [4.69, 9.17) is 10.00 Å². The van der Waals surface area contributed by atoms with Crippen LogP contribution in [0.5, 0.6) is 5.75 Å². The van der Waals surface area contributed by atoms with Crippen molar-refractivity contribution in [1.82, 2.24) is 5.32 Å². The van der Waals surface area contributed by atoms with E-state index in [1.807, 2.05) is 48.5 Å². The summed E-state index contributed by atoms with van der Waals surface area (Å²) in [7, 11) is 0. The maximum absolute atomic E-state index is 12.3. The van der Waals surface area contributed by atoms with Crippen LogP contribution in [0.2, 0.25) is 0 Å². The zero-order chi connectivity index (χ0) is 21.2. The molecule has 0 aromatic heterocycles. The summed E-state index contributed by atoms with van der Waals surface area (Å²) in [5.74, 6) is 0.175. The maximum Gasteiger partial charge on any atom is 0.262 e. The second-order valence-electron chi connectivity index (χ2n) is 6.51. The molecule has 0 heterocycles. The Hall–Kier alpha value is -4.35. The molecule has 30 heavy (non-hydrogen) atoms. The zero-order valence-corrected chi connectivity index (χ0v) is 16.2. The van der Waals surface area contributed by atoms with Crippen molar-refractivity contribution < 1.29 is 9.53 Å². The molecule has 3 aromatic carbocycles. The quantitative estimate of drug-likeness (QED) is 0.477.